The van der Waals surface area contributed by atoms with Crippen molar-refractivity contribution in [2.45, 2.75) is 6.42 Å². The molecule has 0 saturated carbocycles. The zero-order valence-electron chi connectivity index (χ0n) is 9.18. The molecule has 2 aromatic rings. The minimum atomic E-state index is 0.611. The monoisotopic (exact) mass is 289 g/mol. The maximum Gasteiger partial charge on any atom is 0.0911 e. The van der Waals surface area contributed by atoms with Crippen LogP contribution < -0.4 is 0 Å². The van der Waals surface area contributed by atoms with Gasteiger partial charge in [0.25, 0.3) is 0 Å². The Morgan fingerprint density at radius 1 is 1.06 bits per heavy atom. The number of hydrogen-bond acceptors (Lipinski definition) is 2. The third-order valence-corrected chi connectivity index (χ3v) is 2.98. The molecule has 17 heavy (non-hydrogen) atoms. The third kappa shape index (κ3) is 3.17. The molecule has 1 N–H and O–H groups in total. The summed E-state index contributed by atoms with van der Waals surface area (Å²) in [4.78, 5) is 0. The molecule has 0 aliphatic carbocycles. The van der Waals surface area contributed by atoms with Crippen molar-refractivity contribution in [2.75, 3.05) is 0 Å². The smallest absolute Gasteiger partial charge is 0.0911 e. The molecule has 0 heterocycles. The highest BCUT2D eigenvalue weighted by Crippen LogP contribution is 2.14. The molecule has 86 valence electrons. The van der Waals surface area contributed by atoms with Crippen LogP contribution in [0.4, 0.5) is 0 Å². The topological polar surface area (TPSA) is 32.6 Å². The van der Waals surface area contributed by atoms with Gasteiger partial charge in [-0.2, -0.15) is 0 Å². The van der Waals surface area contributed by atoms with Crippen LogP contribution in [0.3, 0.4) is 0 Å². The van der Waals surface area contributed by atoms with E-state index in [2.05, 4.69) is 21.1 Å². The number of benzene rings is 2. The molecule has 0 radical (unpaired) electrons. The number of hydrogen-bond donors (Lipinski definition) is 1. The lowest BCUT2D eigenvalue weighted by molar-refractivity contribution is 0.318. The lowest BCUT2D eigenvalue weighted by atomic mass is 10.0. The van der Waals surface area contributed by atoms with Crippen LogP contribution in [-0.2, 0) is 6.42 Å². The van der Waals surface area contributed by atoms with Gasteiger partial charge in [0.05, 0.1) is 5.71 Å². The molecule has 0 atom stereocenters. The van der Waals surface area contributed by atoms with Crippen molar-refractivity contribution < 1.29 is 5.21 Å². The summed E-state index contributed by atoms with van der Waals surface area (Å²) < 4.78 is 1.03. The molecule has 0 saturated heterocycles. The van der Waals surface area contributed by atoms with Gasteiger partial charge in [-0.1, -0.05) is 63.6 Å². The summed E-state index contributed by atoms with van der Waals surface area (Å²) in [5, 5.41) is 12.5. The molecule has 0 aliphatic rings. The van der Waals surface area contributed by atoms with Gasteiger partial charge in [0, 0.05) is 10.9 Å². The van der Waals surface area contributed by atoms with Crippen molar-refractivity contribution >= 4 is 21.6 Å². The lowest BCUT2D eigenvalue weighted by Crippen LogP contribution is -2.05. The van der Waals surface area contributed by atoms with Crippen LogP contribution in [-0.4, -0.2) is 10.9 Å². The molecular formula is C14H12BrNO. The first-order chi connectivity index (χ1) is 8.29. The van der Waals surface area contributed by atoms with E-state index in [1.165, 1.54) is 0 Å². The molecule has 0 aliphatic heterocycles. The molecule has 0 fully saturated rings. The minimum absolute atomic E-state index is 0.611. The van der Waals surface area contributed by atoms with Crippen LogP contribution >= 0.6 is 15.9 Å². The molecule has 0 amide bonds. The average molecular weight is 290 g/mol. The zero-order chi connectivity index (χ0) is 12.1. The quantitative estimate of drug-likeness (QED) is 0.519. The van der Waals surface area contributed by atoms with Crippen LogP contribution in [0.15, 0.2) is 64.2 Å². The Bertz CT molecular complexity index is 523. The minimum Gasteiger partial charge on any atom is -0.411 e. The summed E-state index contributed by atoms with van der Waals surface area (Å²) >= 11 is 3.43. The molecule has 0 aromatic heterocycles. The van der Waals surface area contributed by atoms with E-state index in [1.807, 2.05) is 54.6 Å². The van der Waals surface area contributed by atoms with Crippen molar-refractivity contribution in [3.63, 3.8) is 0 Å². The van der Waals surface area contributed by atoms with E-state index in [9.17, 15) is 0 Å². The second-order valence-corrected chi connectivity index (χ2v) is 4.64. The Morgan fingerprint density at radius 2 is 1.82 bits per heavy atom. The Balaban J connectivity index is 2.23. The summed E-state index contributed by atoms with van der Waals surface area (Å²) in [7, 11) is 0. The summed E-state index contributed by atoms with van der Waals surface area (Å²) in [6.07, 6.45) is 0.611. The van der Waals surface area contributed by atoms with Gasteiger partial charge in [-0.15, -0.1) is 0 Å². The van der Waals surface area contributed by atoms with E-state index < -0.39 is 0 Å². The molecule has 0 bridgehead atoms. The molecule has 3 heteroatoms. The number of rotatable bonds is 3. The average Bonchev–Trinajstić information content (AvgIpc) is 2.37. The van der Waals surface area contributed by atoms with Gasteiger partial charge in [0.1, 0.15) is 0 Å². The van der Waals surface area contributed by atoms with Gasteiger partial charge in [0.15, 0.2) is 0 Å². The van der Waals surface area contributed by atoms with Gasteiger partial charge in [-0.05, 0) is 23.3 Å². The highest BCUT2D eigenvalue weighted by Gasteiger charge is 2.05. The van der Waals surface area contributed by atoms with E-state index in [4.69, 9.17) is 5.21 Å². The Morgan fingerprint density at radius 3 is 2.47 bits per heavy atom. The van der Waals surface area contributed by atoms with Crippen LogP contribution in [0.2, 0.25) is 0 Å². The highest BCUT2D eigenvalue weighted by molar-refractivity contribution is 9.10. The van der Waals surface area contributed by atoms with Crippen molar-refractivity contribution in [3.05, 3.63) is 70.2 Å². The fourth-order valence-electron chi connectivity index (χ4n) is 1.67. The summed E-state index contributed by atoms with van der Waals surface area (Å²) in [6, 6.07) is 17.7. The first-order valence-electron chi connectivity index (χ1n) is 5.30. The zero-order valence-corrected chi connectivity index (χ0v) is 10.8. The van der Waals surface area contributed by atoms with Gasteiger partial charge in [-0.3, -0.25) is 0 Å². The predicted octanol–water partition coefficient (Wildman–Crippen LogP) is 3.87. The fourth-order valence-corrected chi connectivity index (χ4v) is 2.11. The third-order valence-electron chi connectivity index (χ3n) is 2.49. The molecule has 0 spiro atoms. The normalized spacial score (nSPS) is 11.5. The SMILES string of the molecule is ON=C(Cc1cccc(Br)c1)c1ccccc1. The predicted molar refractivity (Wildman–Crippen MR) is 72.6 cm³/mol. The van der Waals surface area contributed by atoms with Gasteiger partial charge in [-0.25, -0.2) is 0 Å². The van der Waals surface area contributed by atoms with Gasteiger partial charge in [0.2, 0.25) is 0 Å². The summed E-state index contributed by atoms with van der Waals surface area (Å²) in [5.74, 6) is 0. The first-order valence-corrected chi connectivity index (χ1v) is 6.09. The Hall–Kier alpha value is -1.61. The van der Waals surface area contributed by atoms with Gasteiger partial charge < -0.3 is 5.21 Å². The van der Waals surface area contributed by atoms with Crippen molar-refractivity contribution in [1.29, 1.82) is 0 Å². The molecule has 2 nitrogen and oxygen atoms in total. The lowest BCUT2D eigenvalue weighted by Gasteiger charge is -2.05. The first kappa shape index (κ1) is 11.9. The summed E-state index contributed by atoms with van der Waals surface area (Å²) in [5.41, 5.74) is 2.72. The van der Waals surface area contributed by atoms with Gasteiger partial charge >= 0.3 is 0 Å². The van der Waals surface area contributed by atoms with E-state index in [1.54, 1.807) is 0 Å². The van der Waals surface area contributed by atoms with E-state index in [0.29, 0.717) is 12.1 Å². The number of oxime groups is 1. The van der Waals surface area contributed by atoms with Crippen LogP contribution in [0.1, 0.15) is 11.1 Å². The fraction of sp³-hybridized carbons (Fsp3) is 0.0714. The standard InChI is InChI=1S/C14H12BrNO/c15-13-8-4-5-11(9-13)10-14(16-17)12-6-2-1-3-7-12/h1-9,17H,10H2. The number of nitrogens with zero attached hydrogens (tertiary/aromatic N) is 1. The van der Waals surface area contributed by atoms with Crippen molar-refractivity contribution in [2.24, 2.45) is 5.16 Å². The van der Waals surface area contributed by atoms with E-state index in [-0.39, 0.29) is 0 Å². The van der Waals surface area contributed by atoms with Crippen LogP contribution in [0, 0.1) is 0 Å². The molecule has 2 rings (SSSR count). The van der Waals surface area contributed by atoms with E-state index in [0.717, 1.165) is 15.6 Å². The number of halogens is 1. The van der Waals surface area contributed by atoms with Crippen molar-refractivity contribution in [3.8, 4) is 0 Å². The highest BCUT2D eigenvalue weighted by atomic mass is 79.9. The second-order valence-electron chi connectivity index (χ2n) is 3.72. The maximum absolute atomic E-state index is 9.09. The van der Waals surface area contributed by atoms with Crippen LogP contribution in [0.5, 0.6) is 0 Å². The molecule has 0 unspecified atom stereocenters. The van der Waals surface area contributed by atoms with E-state index >= 15 is 0 Å². The molecular weight excluding hydrogens is 278 g/mol. The van der Waals surface area contributed by atoms with Crippen LogP contribution in [0.25, 0.3) is 0 Å². The Labute approximate surface area is 109 Å². The summed E-state index contributed by atoms with van der Waals surface area (Å²) in [6.45, 7) is 0. The molecule has 2 aromatic carbocycles. The van der Waals surface area contributed by atoms with Crippen molar-refractivity contribution in [1.82, 2.24) is 0 Å². The second kappa shape index (κ2) is 5.64. The largest absolute Gasteiger partial charge is 0.411 e. The maximum atomic E-state index is 9.09. The Kier molecular flexibility index (Phi) is 3.94.